The number of furan rings is 1. The predicted molar refractivity (Wildman–Crippen MR) is 113 cm³/mol. The van der Waals surface area contributed by atoms with Crippen LogP contribution in [0.3, 0.4) is 0 Å². The number of benzene rings is 1. The van der Waals surface area contributed by atoms with Crippen molar-refractivity contribution < 1.29 is 30.8 Å². The average molecular weight is 485 g/mol. The molecule has 170 valence electrons. The zero-order valence-corrected chi connectivity index (χ0v) is 18.3. The van der Waals surface area contributed by atoms with Crippen molar-refractivity contribution in [3.8, 4) is 11.3 Å². The fraction of sp³-hybridized carbons (Fsp3) is 0.286. The number of nitrogens with zero attached hydrogens (tertiary/aromatic N) is 1. The van der Waals surface area contributed by atoms with Crippen LogP contribution in [0.4, 0.5) is 13.2 Å². The van der Waals surface area contributed by atoms with Gasteiger partial charge in [-0.3, -0.25) is 4.79 Å². The topological polar surface area (TPSA) is 79.6 Å². The number of hydrogen-bond acceptors (Lipinski definition) is 5. The van der Waals surface area contributed by atoms with Gasteiger partial charge in [0.05, 0.1) is 5.56 Å². The molecule has 4 rings (SSSR count). The number of piperidine rings is 1. The Kier molecular flexibility index (Phi) is 6.15. The van der Waals surface area contributed by atoms with Crippen molar-refractivity contribution in [2.75, 3.05) is 13.1 Å². The highest BCUT2D eigenvalue weighted by Crippen LogP contribution is 2.33. The van der Waals surface area contributed by atoms with E-state index in [0.29, 0.717) is 25.9 Å². The normalized spacial score (nSPS) is 15.8. The molecule has 0 saturated carbocycles. The van der Waals surface area contributed by atoms with Crippen LogP contribution in [0.1, 0.15) is 29.0 Å². The summed E-state index contributed by atoms with van der Waals surface area (Å²) in [6.07, 6.45) is -3.59. The number of halogens is 3. The maximum atomic E-state index is 12.9. The molecule has 1 saturated heterocycles. The van der Waals surface area contributed by atoms with Crippen LogP contribution in [0.15, 0.2) is 62.5 Å². The van der Waals surface area contributed by atoms with Crippen LogP contribution in [0.5, 0.6) is 0 Å². The minimum absolute atomic E-state index is 0.0232. The molecule has 0 bridgehead atoms. The second kappa shape index (κ2) is 8.72. The van der Waals surface area contributed by atoms with Crippen molar-refractivity contribution in [2.45, 2.75) is 29.3 Å². The quantitative estimate of drug-likeness (QED) is 0.574. The number of thiophene rings is 1. The molecule has 1 aromatic carbocycles. The molecular formula is C21H19F3N2O4S2. The summed E-state index contributed by atoms with van der Waals surface area (Å²) in [6, 6.07) is 10.5. The van der Waals surface area contributed by atoms with Crippen molar-refractivity contribution in [3.63, 3.8) is 0 Å². The summed E-state index contributed by atoms with van der Waals surface area (Å²) in [4.78, 5) is 14.3. The number of sulfonamides is 1. The largest absolute Gasteiger partial charge is 0.451 e. The predicted octanol–water partition coefficient (Wildman–Crippen LogP) is 4.61. The Morgan fingerprint density at radius 1 is 1.09 bits per heavy atom. The van der Waals surface area contributed by atoms with E-state index in [0.717, 1.165) is 23.5 Å². The van der Waals surface area contributed by atoms with E-state index < -0.39 is 21.8 Å². The maximum Gasteiger partial charge on any atom is 0.416 e. The van der Waals surface area contributed by atoms with Gasteiger partial charge < -0.3 is 9.32 Å². The van der Waals surface area contributed by atoms with Crippen LogP contribution in [-0.2, 0) is 16.2 Å². The lowest BCUT2D eigenvalue weighted by atomic mass is 10.1. The second-order valence-electron chi connectivity index (χ2n) is 7.36. The molecule has 0 unspecified atom stereocenters. The lowest BCUT2D eigenvalue weighted by molar-refractivity contribution is -0.137. The zero-order valence-electron chi connectivity index (χ0n) is 16.6. The lowest BCUT2D eigenvalue weighted by Crippen LogP contribution is -2.46. The summed E-state index contributed by atoms with van der Waals surface area (Å²) >= 11 is 1.13. The van der Waals surface area contributed by atoms with Crippen molar-refractivity contribution in [1.82, 2.24) is 9.62 Å². The van der Waals surface area contributed by atoms with E-state index in [2.05, 4.69) is 4.72 Å². The van der Waals surface area contributed by atoms with E-state index in [9.17, 15) is 26.4 Å². The van der Waals surface area contributed by atoms with Gasteiger partial charge in [-0.1, -0.05) is 18.2 Å². The van der Waals surface area contributed by atoms with Gasteiger partial charge in [0.1, 0.15) is 9.97 Å². The minimum Gasteiger partial charge on any atom is -0.451 e. The molecule has 1 amide bonds. The number of hydrogen-bond donors (Lipinski definition) is 1. The van der Waals surface area contributed by atoms with Gasteiger partial charge in [0, 0.05) is 24.7 Å². The van der Waals surface area contributed by atoms with Gasteiger partial charge in [0.15, 0.2) is 5.76 Å². The number of likely N-dealkylation sites (tertiary alicyclic amines) is 1. The molecule has 1 aliphatic rings. The molecule has 1 fully saturated rings. The maximum absolute atomic E-state index is 12.9. The van der Waals surface area contributed by atoms with Crippen molar-refractivity contribution >= 4 is 27.3 Å². The lowest BCUT2D eigenvalue weighted by Gasteiger charge is -2.31. The summed E-state index contributed by atoms with van der Waals surface area (Å²) in [6.45, 7) is 0.659. The van der Waals surface area contributed by atoms with Crippen LogP contribution in [0, 0.1) is 0 Å². The monoisotopic (exact) mass is 484 g/mol. The van der Waals surface area contributed by atoms with Gasteiger partial charge in [-0.2, -0.15) is 13.2 Å². The van der Waals surface area contributed by atoms with E-state index in [1.807, 2.05) is 0 Å². The molecular weight excluding hydrogens is 465 g/mol. The van der Waals surface area contributed by atoms with Gasteiger partial charge in [0.25, 0.3) is 5.91 Å². The SMILES string of the molecule is O=C(c1ccc(-c2cccc(C(F)(F)F)c2)o1)N1CCC(NS(=O)(=O)c2cccs2)CC1. The highest BCUT2D eigenvalue weighted by Gasteiger charge is 2.31. The number of rotatable bonds is 5. The van der Waals surface area contributed by atoms with Crippen molar-refractivity contribution in [1.29, 1.82) is 0 Å². The van der Waals surface area contributed by atoms with Crippen molar-refractivity contribution in [3.05, 3.63) is 65.2 Å². The van der Waals surface area contributed by atoms with E-state index in [4.69, 9.17) is 4.42 Å². The first kappa shape index (κ1) is 22.6. The molecule has 0 spiro atoms. The molecule has 0 atom stereocenters. The summed E-state index contributed by atoms with van der Waals surface area (Å²) in [7, 11) is -3.58. The van der Waals surface area contributed by atoms with Crippen molar-refractivity contribution in [2.24, 2.45) is 0 Å². The van der Waals surface area contributed by atoms with Gasteiger partial charge in [0.2, 0.25) is 10.0 Å². The highest BCUT2D eigenvalue weighted by atomic mass is 32.2. The highest BCUT2D eigenvalue weighted by molar-refractivity contribution is 7.91. The number of nitrogens with one attached hydrogen (secondary N) is 1. The number of amides is 1. The first-order valence-electron chi connectivity index (χ1n) is 9.76. The van der Waals surface area contributed by atoms with Crippen LogP contribution in [-0.4, -0.2) is 38.4 Å². The number of carbonyl (C=O) groups is 1. The fourth-order valence-corrected chi connectivity index (χ4v) is 5.82. The van der Waals surface area contributed by atoms with Gasteiger partial charge >= 0.3 is 6.18 Å². The first-order valence-corrected chi connectivity index (χ1v) is 12.1. The zero-order chi connectivity index (χ0) is 22.9. The Morgan fingerprint density at radius 3 is 2.50 bits per heavy atom. The minimum atomic E-state index is -4.48. The van der Waals surface area contributed by atoms with E-state index in [-0.39, 0.29) is 33.2 Å². The van der Waals surface area contributed by atoms with Gasteiger partial charge in [-0.05, 0) is 48.6 Å². The third-order valence-corrected chi connectivity index (χ3v) is 8.07. The number of carbonyl (C=O) groups excluding carboxylic acids is 1. The van der Waals surface area contributed by atoms with Crippen LogP contribution < -0.4 is 4.72 Å². The van der Waals surface area contributed by atoms with Crippen LogP contribution in [0.2, 0.25) is 0 Å². The molecule has 0 radical (unpaired) electrons. The summed E-state index contributed by atoms with van der Waals surface area (Å²) < 4.78 is 72.0. The average Bonchev–Trinajstić information content (AvgIpc) is 3.46. The molecule has 3 heterocycles. The Hall–Kier alpha value is -2.63. The number of alkyl halides is 3. The van der Waals surface area contributed by atoms with Gasteiger partial charge in [-0.25, -0.2) is 13.1 Å². The Balaban J connectivity index is 1.39. The summed E-state index contributed by atoms with van der Waals surface area (Å²) in [5, 5.41) is 1.69. The molecule has 11 heteroatoms. The molecule has 3 aromatic rings. The standard InChI is InChI=1S/C21H19F3N2O4S2/c22-21(23,24)15-4-1-3-14(13-15)17-6-7-18(30-17)20(27)26-10-8-16(9-11-26)25-32(28,29)19-5-2-12-31-19/h1-7,12-13,16,25H,8-11H2. The Labute approximate surface area is 186 Å². The summed E-state index contributed by atoms with van der Waals surface area (Å²) in [5.41, 5.74) is -0.577. The smallest absolute Gasteiger partial charge is 0.416 e. The first-order chi connectivity index (χ1) is 15.1. The molecule has 32 heavy (non-hydrogen) atoms. The van der Waals surface area contributed by atoms with E-state index >= 15 is 0 Å². The van der Waals surface area contributed by atoms with E-state index in [1.54, 1.807) is 16.3 Å². The Bertz CT molecular complexity index is 1200. The molecule has 2 aromatic heterocycles. The molecule has 6 nitrogen and oxygen atoms in total. The molecule has 1 N–H and O–H groups in total. The Morgan fingerprint density at radius 2 is 1.84 bits per heavy atom. The third kappa shape index (κ3) is 4.89. The van der Waals surface area contributed by atoms with Crippen LogP contribution >= 0.6 is 11.3 Å². The fourth-order valence-electron chi connectivity index (χ4n) is 3.51. The summed E-state index contributed by atoms with van der Waals surface area (Å²) in [5.74, 6) is -0.198. The van der Waals surface area contributed by atoms with E-state index in [1.165, 1.54) is 30.3 Å². The van der Waals surface area contributed by atoms with Gasteiger partial charge in [-0.15, -0.1) is 11.3 Å². The third-order valence-electron chi connectivity index (χ3n) is 5.16. The molecule has 1 aliphatic heterocycles. The second-order valence-corrected chi connectivity index (χ2v) is 10.3. The van der Waals surface area contributed by atoms with Crippen LogP contribution in [0.25, 0.3) is 11.3 Å². The molecule has 0 aliphatic carbocycles.